The Labute approximate surface area is 228 Å². The van der Waals surface area contributed by atoms with Crippen LogP contribution < -0.4 is 15.4 Å². The third kappa shape index (κ3) is 6.53. The standard InChI is InChI=1S/C29H28F3N5O3/c1-19(38)36-11-9-24(10-12-36)40-25-7-3-4-20(15-25)21-8-13-37-26(17-33-27(37)16-21)22-5-2-6-23(14-22)35-28(39)34-18-29(30,31)32/h2-8,13-17,24H,9-12,18H2,1H3,(H2,34,35,39). The first-order chi connectivity index (χ1) is 19.1. The summed E-state index contributed by atoms with van der Waals surface area (Å²) in [5.74, 6) is 0.862. The minimum atomic E-state index is -4.49. The van der Waals surface area contributed by atoms with Gasteiger partial charge in [-0.05, 0) is 47.5 Å². The smallest absolute Gasteiger partial charge is 0.405 e. The van der Waals surface area contributed by atoms with Crippen molar-refractivity contribution in [3.05, 3.63) is 73.1 Å². The zero-order valence-corrected chi connectivity index (χ0v) is 21.7. The third-order valence-corrected chi connectivity index (χ3v) is 6.74. The number of piperidine rings is 1. The molecule has 2 aromatic carbocycles. The SMILES string of the molecule is CC(=O)N1CCC(Oc2cccc(-c3ccn4c(-c5cccc(NC(=O)NCC(F)(F)F)c5)cnc4c3)c2)CC1. The van der Waals surface area contributed by atoms with Crippen LogP contribution in [0.4, 0.5) is 23.7 Å². The number of urea groups is 1. The van der Waals surface area contributed by atoms with Crippen LogP contribution in [0.1, 0.15) is 19.8 Å². The van der Waals surface area contributed by atoms with Gasteiger partial charge in [0.25, 0.3) is 0 Å². The van der Waals surface area contributed by atoms with Gasteiger partial charge in [0.2, 0.25) is 5.91 Å². The molecular formula is C29H28F3N5O3. The Morgan fingerprint density at radius 3 is 2.48 bits per heavy atom. The molecule has 5 rings (SSSR count). The number of carbonyl (C=O) groups excluding carboxylic acids is 2. The maximum Gasteiger partial charge on any atom is 0.405 e. The van der Waals surface area contributed by atoms with Crippen molar-refractivity contribution in [2.24, 2.45) is 0 Å². The van der Waals surface area contributed by atoms with Gasteiger partial charge in [-0.1, -0.05) is 24.3 Å². The van der Waals surface area contributed by atoms with E-state index < -0.39 is 18.8 Å². The predicted octanol–water partition coefficient (Wildman–Crippen LogP) is 5.74. The van der Waals surface area contributed by atoms with Crippen molar-refractivity contribution in [2.75, 3.05) is 25.0 Å². The number of hydrogen-bond donors (Lipinski definition) is 2. The van der Waals surface area contributed by atoms with E-state index in [2.05, 4.69) is 10.3 Å². The van der Waals surface area contributed by atoms with E-state index in [1.54, 1.807) is 36.6 Å². The summed E-state index contributed by atoms with van der Waals surface area (Å²) in [7, 11) is 0. The topological polar surface area (TPSA) is 88.0 Å². The molecule has 1 aliphatic heterocycles. The lowest BCUT2D eigenvalue weighted by Gasteiger charge is -2.31. The van der Waals surface area contributed by atoms with Gasteiger partial charge in [-0.2, -0.15) is 13.2 Å². The zero-order chi connectivity index (χ0) is 28.3. The number of ether oxygens (including phenoxy) is 1. The van der Waals surface area contributed by atoms with Gasteiger partial charge in [0, 0.05) is 50.3 Å². The second-order valence-corrected chi connectivity index (χ2v) is 9.64. The number of anilines is 1. The van der Waals surface area contributed by atoms with Crippen molar-refractivity contribution in [3.63, 3.8) is 0 Å². The number of carbonyl (C=O) groups is 2. The largest absolute Gasteiger partial charge is 0.490 e. The van der Waals surface area contributed by atoms with E-state index in [0.29, 0.717) is 24.4 Å². The molecule has 3 amide bonds. The Hall–Kier alpha value is -4.54. The predicted molar refractivity (Wildman–Crippen MR) is 145 cm³/mol. The highest BCUT2D eigenvalue weighted by molar-refractivity contribution is 5.90. The number of halogens is 3. The van der Waals surface area contributed by atoms with Crippen LogP contribution in [-0.2, 0) is 4.79 Å². The number of likely N-dealkylation sites (tertiary alicyclic amines) is 1. The number of aromatic nitrogens is 2. The summed E-state index contributed by atoms with van der Waals surface area (Å²) in [4.78, 5) is 29.8. The molecule has 0 saturated carbocycles. The second kappa shape index (κ2) is 11.3. The van der Waals surface area contributed by atoms with Crippen molar-refractivity contribution in [3.8, 4) is 28.1 Å². The first-order valence-corrected chi connectivity index (χ1v) is 12.9. The van der Waals surface area contributed by atoms with E-state index in [-0.39, 0.29) is 12.0 Å². The Morgan fingerprint density at radius 2 is 1.73 bits per heavy atom. The van der Waals surface area contributed by atoms with E-state index in [9.17, 15) is 22.8 Å². The highest BCUT2D eigenvalue weighted by Gasteiger charge is 2.27. The van der Waals surface area contributed by atoms with Crippen LogP contribution in [0.15, 0.2) is 73.1 Å². The van der Waals surface area contributed by atoms with Gasteiger partial charge >= 0.3 is 12.2 Å². The number of rotatable bonds is 6. The van der Waals surface area contributed by atoms with Gasteiger partial charge in [0.05, 0.1) is 11.9 Å². The van der Waals surface area contributed by atoms with E-state index >= 15 is 0 Å². The lowest BCUT2D eigenvalue weighted by atomic mass is 10.1. The van der Waals surface area contributed by atoms with Crippen LogP contribution in [0, 0.1) is 0 Å². The molecule has 3 heterocycles. The van der Waals surface area contributed by atoms with Crippen molar-refractivity contribution in [1.29, 1.82) is 0 Å². The molecule has 0 atom stereocenters. The Bertz CT molecular complexity index is 1530. The monoisotopic (exact) mass is 551 g/mol. The Balaban J connectivity index is 1.29. The Morgan fingerprint density at radius 1 is 1.00 bits per heavy atom. The summed E-state index contributed by atoms with van der Waals surface area (Å²) >= 11 is 0. The lowest BCUT2D eigenvalue weighted by molar-refractivity contribution is -0.130. The van der Waals surface area contributed by atoms with Crippen LogP contribution in [0.5, 0.6) is 5.75 Å². The third-order valence-electron chi connectivity index (χ3n) is 6.74. The summed E-state index contributed by atoms with van der Waals surface area (Å²) in [6.45, 7) is 1.57. The van der Waals surface area contributed by atoms with Gasteiger partial charge in [-0.3, -0.25) is 9.20 Å². The maximum absolute atomic E-state index is 12.4. The summed E-state index contributed by atoms with van der Waals surface area (Å²) in [5.41, 5.74) is 4.49. The second-order valence-electron chi connectivity index (χ2n) is 9.64. The van der Waals surface area contributed by atoms with Crippen LogP contribution in [0.25, 0.3) is 28.0 Å². The lowest BCUT2D eigenvalue weighted by Crippen LogP contribution is -2.40. The van der Waals surface area contributed by atoms with Gasteiger partial charge in [0.1, 0.15) is 24.0 Å². The van der Waals surface area contributed by atoms with Crippen molar-refractivity contribution < 1.29 is 27.5 Å². The van der Waals surface area contributed by atoms with Gasteiger partial charge in [-0.25, -0.2) is 9.78 Å². The van der Waals surface area contributed by atoms with E-state index in [1.165, 1.54) is 0 Å². The van der Waals surface area contributed by atoms with E-state index in [1.807, 2.05) is 58.0 Å². The van der Waals surface area contributed by atoms with E-state index in [4.69, 9.17) is 4.74 Å². The number of amides is 3. The molecule has 0 bridgehead atoms. The van der Waals surface area contributed by atoms with Crippen molar-refractivity contribution in [1.82, 2.24) is 19.6 Å². The zero-order valence-electron chi connectivity index (χ0n) is 21.7. The summed E-state index contributed by atoms with van der Waals surface area (Å²) < 4.78 is 45.2. The van der Waals surface area contributed by atoms with Crippen LogP contribution >= 0.6 is 0 Å². The molecule has 8 nitrogen and oxygen atoms in total. The fourth-order valence-electron chi connectivity index (χ4n) is 4.72. The number of pyridine rings is 1. The molecule has 4 aromatic rings. The molecular weight excluding hydrogens is 523 g/mol. The minimum Gasteiger partial charge on any atom is -0.490 e. The maximum atomic E-state index is 12.4. The number of hydrogen-bond acceptors (Lipinski definition) is 4. The van der Waals surface area contributed by atoms with Crippen LogP contribution in [0.3, 0.4) is 0 Å². The van der Waals surface area contributed by atoms with Crippen LogP contribution in [0.2, 0.25) is 0 Å². The molecule has 0 spiro atoms. The summed E-state index contributed by atoms with van der Waals surface area (Å²) in [5, 5.41) is 4.22. The molecule has 0 unspecified atom stereocenters. The number of nitrogens with zero attached hydrogens (tertiary/aromatic N) is 3. The quantitative estimate of drug-likeness (QED) is 0.320. The van der Waals surface area contributed by atoms with Gasteiger partial charge < -0.3 is 20.3 Å². The number of fused-ring (bicyclic) bond motifs is 1. The Kier molecular flexibility index (Phi) is 7.63. The molecule has 208 valence electrons. The molecule has 1 saturated heterocycles. The molecule has 1 aliphatic rings. The van der Waals surface area contributed by atoms with E-state index in [0.717, 1.165) is 41.0 Å². The average molecular weight is 552 g/mol. The fourth-order valence-corrected chi connectivity index (χ4v) is 4.72. The molecule has 0 radical (unpaired) electrons. The summed E-state index contributed by atoms with van der Waals surface area (Å²) in [6.07, 6.45) is 0.758. The highest BCUT2D eigenvalue weighted by Crippen LogP contribution is 2.29. The van der Waals surface area contributed by atoms with Gasteiger partial charge in [0.15, 0.2) is 0 Å². The first kappa shape index (κ1) is 27.0. The molecule has 2 aromatic heterocycles. The number of nitrogens with one attached hydrogen (secondary N) is 2. The molecule has 0 aliphatic carbocycles. The molecule has 11 heteroatoms. The normalized spacial score (nSPS) is 14.2. The van der Waals surface area contributed by atoms with Crippen molar-refractivity contribution >= 4 is 23.3 Å². The molecule has 40 heavy (non-hydrogen) atoms. The number of imidazole rings is 1. The van der Waals surface area contributed by atoms with Gasteiger partial charge in [-0.15, -0.1) is 0 Å². The summed E-state index contributed by atoms with van der Waals surface area (Å²) in [6, 6.07) is 17.7. The fraction of sp³-hybridized carbons (Fsp3) is 0.276. The molecule has 2 N–H and O–H groups in total. The number of benzene rings is 2. The molecule has 1 fully saturated rings. The number of alkyl halides is 3. The average Bonchev–Trinajstić information content (AvgIpc) is 3.36. The first-order valence-electron chi connectivity index (χ1n) is 12.9. The van der Waals surface area contributed by atoms with Crippen molar-refractivity contribution in [2.45, 2.75) is 32.0 Å². The van der Waals surface area contributed by atoms with Crippen LogP contribution in [-0.4, -0.2) is 58.1 Å². The minimum absolute atomic E-state index is 0.0594. The highest BCUT2D eigenvalue weighted by atomic mass is 19.4.